The van der Waals surface area contributed by atoms with Gasteiger partial charge in [0.25, 0.3) is 4.21 Å². The van der Waals surface area contributed by atoms with Crippen LogP contribution in [0.15, 0.2) is 4.21 Å². The molecular formula is C5H6ClS3+. The van der Waals surface area contributed by atoms with Gasteiger partial charge in [-0.3, -0.25) is 0 Å². The van der Waals surface area contributed by atoms with Crippen LogP contribution in [0.3, 0.4) is 0 Å². The van der Waals surface area contributed by atoms with E-state index in [0.717, 1.165) is 5.02 Å². The zero-order valence-corrected chi connectivity index (χ0v) is 8.31. The van der Waals surface area contributed by atoms with Gasteiger partial charge in [-0.2, -0.15) is 0 Å². The molecule has 0 aliphatic rings. The first-order chi connectivity index (χ1) is 4.25. The molecule has 9 heavy (non-hydrogen) atoms. The summed E-state index contributed by atoms with van der Waals surface area (Å²) < 4.78 is 1.24. The van der Waals surface area contributed by atoms with Crippen LogP contribution in [0.5, 0.6) is 0 Å². The Labute approximate surface area is 71.3 Å². The van der Waals surface area contributed by atoms with E-state index in [1.807, 2.05) is 13.2 Å². The van der Waals surface area contributed by atoms with E-state index in [4.69, 9.17) is 11.6 Å². The maximum atomic E-state index is 5.91. The van der Waals surface area contributed by atoms with E-state index in [1.165, 1.54) is 9.09 Å². The molecule has 0 bridgehead atoms. The summed E-state index contributed by atoms with van der Waals surface area (Å²) in [7, 11) is 3.49. The maximum Gasteiger partial charge on any atom is 0.309 e. The first kappa shape index (κ1) is 7.79. The molecule has 0 fully saturated rings. The van der Waals surface area contributed by atoms with E-state index in [0.29, 0.717) is 0 Å². The van der Waals surface area contributed by atoms with Crippen molar-refractivity contribution in [1.82, 2.24) is 0 Å². The van der Waals surface area contributed by atoms with E-state index in [2.05, 4.69) is 0 Å². The van der Waals surface area contributed by atoms with Crippen molar-refractivity contribution in [3.05, 3.63) is 9.90 Å². The summed E-state index contributed by atoms with van der Waals surface area (Å²) in [6, 6.07) is 0. The molecule has 1 rings (SSSR count). The smallest absolute Gasteiger partial charge is 0.0761 e. The van der Waals surface area contributed by atoms with Gasteiger partial charge in [0.15, 0.2) is 10.3 Å². The molecule has 0 saturated heterocycles. The molecule has 0 amide bonds. The molecule has 1 aromatic rings. The number of hydrogen-bond acceptors (Lipinski definition) is 2. The summed E-state index contributed by atoms with van der Waals surface area (Å²) in [6.07, 6.45) is 2.05. The van der Waals surface area contributed by atoms with Gasteiger partial charge in [0.05, 0.1) is 4.88 Å². The molecule has 0 N–H and O–H groups in total. The van der Waals surface area contributed by atoms with E-state index in [-0.39, 0.29) is 0 Å². The molecule has 0 aromatic carbocycles. The second-order valence-corrected chi connectivity index (χ2v) is 5.34. The minimum atomic E-state index is 0.942. The highest BCUT2D eigenvalue weighted by Gasteiger charge is 2.17. The zero-order valence-electron chi connectivity index (χ0n) is 5.10. The van der Waals surface area contributed by atoms with Gasteiger partial charge in [0, 0.05) is 0 Å². The van der Waals surface area contributed by atoms with Crippen LogP contribution in [0.4, 0.5) is 0 Å². The number of rotatable bonds is 1. The zero-order chi connectivity index (χ0) is 6.85. The number of hydrogen-bond donors (Lipinski definition) is 0. The Morgan fingerprint density at radius 2 is 2.33 bits per heavy atom. The van der Waals surface area contributed by atoms with Gasteiger partial charge in [-0.05, 0) is 13.2 Å². The Morgan fingerprint density at radius 1 is 1.67 bits per heavy atom. The van der Waals surface area contributed by atoms with E-state index < -0.39 is 0 Å². The average Bonchev–Trinajstić information content (AvgIpc) is 2.15. The van der Waals surface area contributed by atoms with Crippen molar-refractivity contribution in [2.45, 2.75) is 11.1 Å². The van der Waals surface area contributed by atoms with Crippen molar-refractivity contribution < 1.29 is 0 Å². The molecule has 1 aromatic heterocycles. The first-order valence-electron chi connectivity index (χ1n) is 2.38. The summed E-state index contributed by atoms with van der Waals surface area (Å²) in [5.74, 6) is 0. The SMILES string of the molecule is CSc1[s+]sc(C)c1Cl. The molecule has 0 radical (unpaired) electrons. The molecule has 4 heteroatoms. The van der Waals surface area contributed by atoms with Crippen molar-refractivity contribution in [2.24, 2.45) is 0 Å². The normalized spacial score (nSPS) is 10.1. The largest absolute Gasteiger partial charge is 0.309 e. The van der Waals surface area contributed by atoms with Gasteiger partial charge in [0.1, 0.15) is 5.02 Å². The van der Waals surface area contributed by atoms with Crippen LogP contribution in [0.25, 0.3) is 0 Å². The number of thioether (sulfide) groups is 1. The lowest BCUT2D eigenvalue weighted by atomic mass is 10.6. The fraction of sp³-hybridized carbons (Fsp3) is 0.400. The Hall–Kier alpha value is 0.690. The molecule has 0 spiro atoms. The standard InChI is InChI=1S/C5H6ClS3/c1-3-4(6)5(7-2)9-8-3/h1-2H3/q+1. The number of aryl methyl sites for hydroxylation is 1. The summed E-state index contributed by atoms with van der Waals surface area (Å²) >= 11 is 7.62. The van der Waals surface area contributed by atoms with Crippen molar-refractivity contribution in [2.75, 3.05) is 6.26 Å². The summed E-state index contributed by atoms with van der Waals surface area (Å²) in [6.45, 7) is 2.04. The van der Waals surface area contributed by atoms with E-state index in [1.54, 1.807) is 32.4 Å². The predicted molar refractivity (Wildman–Crippen MR) is 48.1 cm³/mol. The van der Waals surface area contributed by atoms with Crippen molar-refractivity contribution in [3.63, 3.8) is 0 Å². The van der Waals surface area contributed by atoms with Crippen LogP contribution in [0.1, 0.15) is 4.88 Å². The third-order valence-electron chi connectivity index (χ3n) is 0.916. The Kier molecular flexibility index (Phi) is 2.76. The lowest BCUT2D eigenvalue weighted by molar-refractivity contribution is 1.57. The second kappa shape index (κ2) is 3.19. The van der Waals surface area contributed by atoms with Crippen LogP contribution in [-0.2, 0) is 0 Å². The molecule has 0 aliphatic carbocycles. The lowest BCUT2D eigenvalue weighted by Crippen LogP contribution is -1.61. The fourth-order valence-electron chi connectivity index (χ4n) is 0.441. The van der Waals surface area contributed by atoms with Crippen LogP contribution >= 0.6 is 44.0 Å². The average molecular weight is 198 g/mol. The Morgan fingerprint density at radius 3 is 2.56 bits per heavy atom. The Balaban J connectivity index is 3.04. The van der Waals surface area contributed by atoms with Gasteiger partial charge in [-0.25, -0.2) is 0 Å². The highest BCUT2D eigenvalue weighted by atomic mass is 35.5. The van der Waals surface area contributed by atoms with Crippen LogP contribution in [0.2, 0.25) is 5.02 Å². The summed E-state index contributed by atoms with van der Waals surface area (Å²) in [5, 5.41) is 0.942. The van der Waals surface area contributed by atoms with Crippen LogP contribution in [0, 0.1) is 6.92 Å². The second-order valence-electron chi connectivity index (χ2n) is 1.53. The first-order valence-corrected chi connectivity index (χ1v) is 6.13. The molecule has 0 nitrogen and oxygen atoms in total. The van der Waals surface area contributed by atoms with Gasteiger partial charge in [0.2, 0.25) is 0 Å². The van der Waals surface area contributed by atoms with Gasteiger partial charge < -0.3 is 0 Å². The summed E-state index contributed by atoms with van der Waals surface area (Å²) in [5.41, 5.74) is 0. The monoisotopic (exact) mass is 197 g/mol. The Bertz CT molecular complexity index is 206. The van der Waals surface area contributed by atoms with Gasteiger partial charge in [-0.1, -0.05) is 23.4 Å². The van der Waals surface area contributed by atoms with Gasteiger partial charge in [-0.15, -0.1) is 0 Å². The summed E-state index contributed by atoms with van der Waals surface area (Å²) in [4.78, 5) is 1.23. The van der Waals surface area contributed by atoms with Crippen LogP contribution in [-0.4, -0.2) is 6.26 Å². The minimum Gasteiger partial charge on any atom is -0.0761 e. The topological polar surface area (TPSA) is 0 Å². The van der Waals surface area contributed by atoms with Crippen molar-refractivity contribution >= 4 is 44.0 Å². The molecule has 0 atom stereocenters. The lowest BCUT2D eigenvalue weighted by Gasteiger charge is -1.78. The molecule has 0 saturated carbocycles. The molecule has 1 heterocycles. The minimum absolute atomic E-state index is 0.942. The van der Waals surface area contributed by atoms with Crippen molar-refractivity contribution in [1.29, 1.82) is 0 Å². The van der Waals surface area contributed by atoms with Gasteiger partial charge >= 0.3 is 10.3 Å². The van der Waals surface area contributed by atoms with E-state index >= 15 is 0 Å². The quantitative estimate of drug-likeness (QED) is 0.375. The molecule has 0 aliphatic heterocycles. The third kappa shape index (κ3) is 1.58. The maximum absolute atomic E-state index is 5.91. The number of halogens is 1. The fourth-order valence-corrected chi connectivity index (χ4v) is 4.53. The third-order valence-corrected chi connectivity index (χ3v) is 5.76. The molecule has 0 unspecified atom stereocenters. The van der Waals surface area contributed by atoms with Crippen molar-refractivity contribution in [3.8, 4) is 0 Å². The molecule has 50 valence electrons. The van der Waals surface area contributed by atoms with Crippen LogP contribution < -0.4 is 0 Å². The highest BCUT2D eigenvalue weighted by Crippen LogP contribution is 2.37. The van der Waals surface area contributed by atoms with E-state index in [9.17, 15) is 0 Å². The molecular weight excluding hydrogens is 192 g/mol. The predicted octanol–water partition coefficient (Wildman–Crippen LogP) is 3.77. The highest BCUT2D eigenvalue weighted by molar-refractivity contribution is 8.02.